The lowest BCUT2D eigenvalue weighted by atomic mass is 10.1. The second-order valence-corrected chi connectivity index (χ2v) is 6.24. The number of amides is 2. The summed E-state index contributed by atoms with van der Waals surface area (Å²) < 4.78 is 0. The molecular weight excluding hydrogens is 274 g/mol. The van der Waals surface area contributed by atoms with E-state index in [0.717, 1.165) is 4.90 Å². The van der Waals surface area contributed by atoms with Crippen molar-refractivity contribution in [3.63, 3.8) is 0 Å². The van der Waals surface area contributed by atoms with Crippen LogP contribution in [0.25, 0.3) is 0 Å². The molecule has 1 heterocycles. The molecule has 108 valence electrons. The summed E-state index contributed by atoms with van der Waals surface area (Å²) in [6.45, 7) is 4.42. The Bertz CT molecular complexity index is 533. The van der Waals surface area contributed by atoms with Crippen LogP contribution in [-0.2, 0) is 4.79 Å². The van der Waals surface area contributed by atoms with Crippen LogP contribution in [0, 0.1) is 0 Å². The summed E-state index contributed by atoms with van der Waals surface area (Å²) in [7, 11) is 1.85. The third kappa shape index (κ3) is 3.32. The lowest BCUT2D eigenvalue weighted by Gasteiger charge is -2.21. The largest absolute Gasteiger partial charge is 0.350 e. The Labute approximate surface area is 122 Å². The highest BCUT2D eigenvalue weighted by Crippen LogP contribution is 2.35. The van der Waals surface area contributed by atoms with E-state index < -0.39 is 0 Å². The maximum absolute atomic E-state index is 12.0. The normalized spacial score (nSPS) is 18.9. The second-order valence-electron chi connectivity index (χ2n) is 4.86. The Morgan fingerprint density at radius 2 is 2.25 bits per heavy atom. The second kappa shape index (κ2) is 6.28. The van der Waals surface area contributed by atoms with Gasteiger partial charge in [-0.2, -0.15) is 0 Å². The first kappa shape index (κ1) is 14.9. The van der Waals surface area contributed by atoms with Gasteiger partial charge in [-0.1, -0.05) is 0 Å². The molecule has 3 N–H and O–H groups in total. The monoisotopic (exact) mass is 293 g/mol. The van der Waals surface area contributed by atoms with Gasteiger partial charge in [0.05, 0.1) is 10.9 Å². The molecule has 2 unspecified atom stereocenters. The summed E-state index contributed by atoms with van der Waals surface area (Å²) in [6, 6.07) is 5.61. The fourth-order valence-electron chi connectivity index (χ4n) is 1.80. The number of carbonyl (C=O) groups is 2. The molecule has 1 aliphatic rings. The summed E-state index contributed by atoms with van der Waals surface area (Å²) in [4.78, 5) is 24.7. The Balaban J connectivity index is 2.09. The van der Waals surface area contributed by atoms with Crippen LogP contribution in [0.1, 0.15) is 24.2 Å². The van der Waals surface area contributed by atoms with Crippen LogP contribution in [0.15, 0.2) is 23.1 Å². The average Bonchev–Trinajstić information content (AvgIpc) is 2.45. The van der Waals surface area contributed by atoms with Gasteiger partial charge in [-0.25, -0.2) is 0 Å². The van der Waals surface area contributed by atoms with Crippen molar-refractivity contribution in [2.24, 2.45) is 0 Å². The minimum atomic E-state index is -0.132. The van der Waals surface area contributed by atoms with E-state index in [9.17, 15) is 9.59 Å². The van der Waals surface area contributed by atoms with E-state index in [1.54, 1.807) is 12.1 Å². The molecule has 2 atom stereocenters. The third-order valence-electron chi connectivity index (χ3n) is 3.23. The SMILES string of the molecule is CNC(C)CNC(=O)c1ccc2c(c1)NC(=O)C(C)S2. The number of anilines is 1. The molecule has 0 aromatic heterocycles. The molecule has 0 bridgehead atoms. The molecule has 0 saturated carbocycles. The van der Waals surface area contributed by atoms with Crippen molar-refractivity contribution in [3.8, 4) is 0 Å². The van der Waals surface area contributed by atoms with Crippen molar-refractivity contribution in [2.75, 3.05) is 18.9 Å². The Morgan fingerprint density at radius 1 is 1.50 bits per heavy atom. The maximum atomic E-state index is 12.0. The fourth-order valence-corrected chi connectivity index (χ4v) is 2.73. The number of fused-ring (bicyclic) bond motifs is 1. The Morgan fingerprint density at radius 3 is 2.95 bits per heavy atom. The molecule has 0 radical (unpaired) electrons. The quantitative estimate of drug-likeness (QED) is 0.786. The summed E-state index contributed by atoms with van der Waals surface area (Å²) >= 11 is 1.51. The predicted molar refractivity (Wildman–Crippen MR) is 81.2 cm³/mol. The van der Waals surface area contributed by atoms with Gasteiger partial charge in [0.25, 0.3) is 5.91 Å². The number of nitrogens with one attached hydrogen (secondary N) is 3. The van der Waals surface area contributed by atoms with E-state index >= 15 is 0 Å². The Kier molecular flexibility index (Phi) is 4.67. The summed E-state index contributed by atoms with van der Waals surface area (Å²) in [5.41, 5.74) is 1.27. The minimum Gasteiger partial charge on any atom is -0.350 e. The van der Waals surface area contributed by atoms with E-state index in [-0.39, 0.29) is 23.1 Å². The first-order chi connectivity index (χ1) is 9.51. The molecule has 2 rings (SSSR count). The van der Waals surface area contributed by atoms with Gasteiger partial charge in [0.1, 0.15) is 0 Å². The van der Waals surface area contributed by atoms with Crippen LogP contribution in [-0.4, -0.2) is 36.7 Å². The number of hydrogen-bond donors (Lipinski definition) is 3. The van der Waals surface area contributed by atoms with E-state index in [1.807, 2.05) is 27.0 Å². The molecule has 0 saturated heterocycles. The first-order valence-corrected chi connectivity index (χ1v) is 7.46. The molecule has 1 aromatic carbocycles. The highest BCUT2D eigenvalue weighted by Gasteiger charge is 2.23. The van der Waals surface area contributed by atoms with Crippen LogP contribution < -0.4 is 16.0 Å². The third-order valence-corrected chi connectivity index (χ3v) is 4.41. The smallest absolute Gasteiger partial charge is 0.251 e. The number of likely N-dealkylation sites (N-methyl/N-ethyl adjacent to an activating group) is 1. The average molecular weight is 293 g/mol. The fraction of sp³-hybridized carbons (Fsp3) is 0.429. The van der Waals surface area contributed by atoms with Crippen LogP contribution in [0.3, 0.4) is 0 Å². The Hall–Kier alpha value is -1.53. The van der Waals surface area contributed by atoms with Crippen molar-refractivity contribution in [3.05, 3.63) is 23.8 Å². The number of hydrogen-bond acceptors (Lipinski definition) is 4. The molecule has 1 aliphatic heterocycles. The van der Waals surface area contributed by atoms with Crippen molar-refractivity contribution in [1.29, 1.82) is 0 Å². The van der Waals surface area contributed by atoms with Crippen molar-refractivity contribution >= 4 is 29.3 Å². The standard InChI is InChI=1S/C14H19N3O2S/c1-8(15-3)7-16-14(19)10-4-5-12-11(6-10)17-13(18)9(2)20-12/h4-6,8-9,15H,7H2,1-3H3,(H,16,19)(H,17,18). The van der Waals surface area contributed by atoms with Crippen molar-refractivity contribution in [1.82, 2.24) is 10.6 Å². The van der Waals surface area contributed by atoms with Gasteiger partial charge in [0, 0.05) is 23.0 Å². The van der Waals surface area contributed by atoms with Gasteiger partial charge >= 0.3 is 0 Å². The molecule has 2 amide bonds. The summed E-state index contributed by atoms with van der Waals surface area (Å²) in [5.74, 6) is -0.156. The van der Waals surface area contributed by atoms with Gasteiger partial charge in [0.15, 0.2) is 0 Å². The molecule has 0 spiro atoms. The zero-order chi connectivity index (χ0) is 14.7. The van der Waals surface area contributed by atoms with Gasteiger partial charge in [-0.05, 0) is 39.1 Å². The molecule has 20 heavy (non-hydrogen) atoms. The van der Waals surface area contributed by atoms with E-state index in [2.05, 4.69) is 16.0 Å². The summed E-state index contributed by atoms with van der Waals surface area (Å²) in [6.07, 6.45) is 0. The highest BCUT2D eigenvalue weighted by atomic mass is 32.2. The van der Waals surface area contributed by atoms with Crippen LogP contribution in [0.5, 0.6) is 0 Å². The van der Waals surface area contributed by atoms with Crippen molar-refractivity contribution in [2.45, 2.75) is 30.0 Å². The zero-order valence-electron chi connectivity index (χ0n) is 11.8. The zero-order valence-corrected chi connectivity index (χ0v) is 12.6. The van der Waals surface area contributed by atoms with E-state index in [0.29, 0.717) is 17.8 Å². The van der Waals surface area contributed by atoms with Crippen molar-refractivity contribution < 1.29 is 9.59 Å². The molecule has 0 fully saturated rings. The lowest BCUT2D eigenvalue weighted by molar-refractivity contribution is -0.115. The molecular formula is C14H19N3O2S. The predicted octanol–water partition coefficient (Wildman–Crippen LogP) is 1.46. The van der Waals surface area contributed by atoms with Gasteiger partial charge in [-0.15, -0.1) is 11.8 Å². The highest BCUT2D eigenvalue weighted by molar-refractivity contribution is 8.00. The molecule has 1 aromatic rings. The number of rotatable bonds is 4. The van der Waals surface area contributed by atoms with Gasteiger partial charge in [0.2, 0.25) is 5.91 Å². The van der Waals surface area contributed by atoms with E-state index in [4.69, 9.17) is 0 Å². The molecule has 6 heteroatoms. The minimum absolute atomic E-state index is 0.0242. The molecule has 0 aliphatic carbocycles. The van der Waals surface area contributed by atoms with Crippen LogP contribution in [0.2, 0.25) is 0 Å². The first-order valence-electron chi connectivity index (χ1n) is 6.58. The van der Waals surface area contributed by atoms with E-state index in [1.165, 1.54) is 11.8 Å². The van der Waals surface area contributed by atoms with Crippen LogP contribution >= 0.6 is 11.8 Å². The topological polar surface area (TPSA) is 70.2 Å². The summed E-state index contributed by atoms with van der Waals surface area (Å²) in [5, 5.41) is 8.64. The maximum Gasteiger partial charge on any atom is 0.251 e. The lowest BCUT2D eigenvalue weighted by Crippen LogP contribution is -2.37. The number of thioether (sulfide) groups is 1. The van der Waals surface area contributed by atoms with Gasteiger partial charge < -0.3 is 16.0 Å². The number of benzene rings is 1. The number of carbonyl (C=O) groups excluding carboxylic acids is 2. The van der Waals surface area contributed by atoms with Gasteiger partial charge in [-0.3, -0.25) is 9.59 Å². The molecule has 5 nitrogen and oxygen atoms in total. The van der Waals surface area contributed by atoms with Crippen LogP contribution in [0.4, 0.5) is 5.69 Å².